The third-order valence-corrected chi connectivity index (χ3v) is 3.39. The summed E-state index contributed by atoms with van der Waals surface area (Å²) in [6, 6.07) is 0. The molecule has 0 amide bonds. The normalized spacial score (nSPS) is 22.2. The fraction of sp³-hybridized carbons (Fsp3) is 1.00. The third kappa shape index (κ3) is 2.22. The monoisotopic (exact) mass is 169 g/mol. The highest BCUT2D eigenvalue weighted by atomic mass is 14.9. The predicted molar refractivity (Wildman–Crippen MR) is 54.3 cm³/mol. The number of nitrogens with one attached hydrogen (secondary N) is 1. The molecule has 0 bridgehead atoms. The molecule has 0 radical (unpaired) electrons. The van der Waals surface area contributed by atoms with Gasteiger partial charge in [-0.15, -0.1) is 0 Å². The lowest BCUT2D eigenvalue weighted by atomic mass is 9.87. The van der Waals surface area contributed by atoms with Gasteiger partial charge in [0.1, 0.15) is 0 Å². The summed E-state index contributed by atoms with van der Waals surface area (Å²) in [5, 5.41) is 3.49. The smallest absolute Gasteiger partial charge is 0.00103 e. The minimum atomic E-state index is 0.700. The summed E-state index contributed by atoms with van der Waals surface area (Å²) in [5.41, 5.74) is 0.700. The van der Waals surface area contributed by atoms with Crippen molar-refractivity contribution < 1.29 is 0 Å². The molecule has 1 aliphatic rings. The van der Waals surface area contributed by atoms with Gasteiger partial charge in [-0.25, -0.2) is 0 Å². The fourth-order valence-electron chi connectivity index (χ4n) is 2.12. The second-order valence-electron chi connectivity index (χ2n) is 4.33. The molecular formula is C11H23N. The molecule has 1 N–H and O–H groups in total. The van der Waals surface area contributed by atoms with E-state index in [-0.39, 0.29) is 0 Å². The number of rotatable bonds is 6. The Hall–Kier alpha value is -0.0400. The van der Waals surface area contributed by atoms with Crippen LogP contribution in [0.2, 0.25) is 0 Å². The van der Waals surface area contributed by atoms with E-state index in [1.807, 2.05) is 0 Å². The van der Waals surface area contributed by atoms with Gasteiger partial charge in [0.25, 0.3) is 0 Å². The molecule has 0 aromatic heterocycles. The molecule has 1 saturated carbocycles. The minimum Gasteiger partial charge on any atom is -0.316 e. The second-order valence-corrected chi connectivity index (χ2v) is 4.33. The van der Waals surface area contributed by atoms with E-state index >= 15 is 0 Å². The molecule has 1 aliphatic carbocycles. The van der Waals surface area contributed by atoms with E-state index in [9.17, 15) is 0 Å². The van der Waals surface area contributed by atoms with Crippen molar-refractivity contribution in [2.24, 2.45) is 11.3 Å². The number of hydrogen-bond donors (Lipinski definition) is 1. The van der Waals surface area contributed by atoms with Crippen LogP contribution in [0.3, 0.4) is 0 Å². The molecule has 12 heavy (non-hydrogen) atoms. The zero-order valence-corrected chi connectivity index (χ0v) is 8.82. The van der Waals surface area contributed by atoms with Gasteiger partial charge in [0.05, 0.1) is 0 Å². The van der Waals surface area contributed by atoms with E-state index in [1.165, 1.54) is 32.2 Å². The van der Waals surface area contributed by atoms with Crippen LogP contribution in [0.5, 0.6) is 0 Å². The molecule has 0 heterocycles. The van der Waals surface area contributed by atoms with Gasteiger partial charge in [0.2, 0.25) is 0 Å². The maximum Gasteiger partial charge on any atom is 0.00103 e. The second kappa shape index (κ2) is 4.27. The van der Waals surface area contributed by atoms with Crippen molar-refractivity contribution >= 4 is 0 Å². The maximum absolute atomic E-state index is 3.49. The summed E-state index contributed by atoms with van der Waals surface area (Å²) >= 11 is 0. The molecule has 0 saturated heterocycles. The Balaban J connectivity index is 2.27. The van der Waals surface area contributed by atoms with Crippen molar-refractivity contribution in [2.45, 2.75) is 46.5 Å². The lowest BCUT2D eigenvalue weighted by Gasteiger charge is -2.23. The van der Waals surface area contributed by atoms with Crippen molar-refractivity contribution in [3.05, 3.63) is 0 Å². The highest BCUT2D eigenvalue weighted by Gasteiger charge is 2.45. The van der Waals surface area contributed by atoms with E-state index in [0.29, 0.717) is 5.41 Å². The molecule has 1 heteroatoms. The molecule has 1 fully saturated rings. The number of hydrogen-bond acceptors (Lipinski definition) is 1. The van der Waals surface area contributed by atoms with Crippen LogP contribution in [0.25, 0.3) is 0 Å². The Morgan fingerprint density at radius 2 is 2.00 bits per heavy atom. The van der Waals surface area contributed by atoms with Crippen molar-refractivity contribution in [1.29, 1.82) is 0 Å². The first-order chi connectivity index (χ1) is 5.75. The Bertz CT molecular complexity index is 127. The first-order valence-electron chi connectivity index (χ1n) is 5.46. The summed E-state index contributed by atoms with van der Waals surface area (Å²) < 4.78 is 0. The summed E-state index contributed by atoms with van der Waals surface area (Å²) in [7, 11) is 0. The Morgan fingerprint density at radius 3 is 2.42 bits per heavy atom. The van der Waals surface area contributed by atoms with Gasteiger partial charge in [-0.05, 0) is 30.7 Å². The molecule has 0 aromatic carbocycles. The van der Waals surface area contributed by atoms with Crippen molar-refractivity contribution in [2.75, 3.05) is 13.1 Å². The van der Waals surface area contributed by atoms with Crippen LogP contribution >= 0.6 is 0 Å². The average molecular weight is 169 g/mol. The van der Waals surface area contributed by atoms with Crippen LogP contribution in [0.15, 0.2) is 0 Å². The Kier molecular flexibility index (Phi) is 3.57. The zero-order chi connectivity index (χ0) is 9.03. The highest BCUT2D eigenvalue weighted by molar-refractivity contribution is 4.98. The van der Waals surface area contributed by atoms with Gasteiger partial charge < -0.3 is 5.32 Å². The van der Waals surface area contributed by atoms with Crippen molar-refractivity contribution in [3.8, 4) is 0 Å². The molecule has 0 spiro atoms. The Labute approximate surface area is 76.9 Å². The molecule has 0 aromatic rings. The summed E-state index contributed by atoms with van der Waals surface area (Å²) in [6.45, 7) is 9.29. The average Bonchev–Trinajstić information content (AvgIpc) is 2.82. The zero-order valence-electron chi connectivity index (χ0n) is 8.82. The van der Waals surface area contributed by atoms with Gasteiger partial charge in [-0.2, -0.15) is 0 Å². The topological polar surface area (TPSA) is 12.0 Å². The van der Waals surface area contributed by atoms with Crippen molar-refractivity contribution in [3.63, 3.8) is 0 Å². The first kappa shape index (κ1) is 10.0. The van der Waals surface area contributed by atoms with Gasteiger partial charge in [-0.1, -0.05) is 33.6 Å². The van der Waals surface area contributed by atoms with Crippen molar-refractivity contribution in [1.82, 2.24) is 5.32 Å². The molecule has 1 nitrogen and oxygen atoms in total. The van der Waals surface area contributed by atoms with E-state index in [2.05, 4.69) is 26.1 Å². The summed E-state index contributed by atoms with van der Waals surface area (Å²) in [4.78, 5) is 0. The van der Waals surface area contributed by atoms with Crippen LogP contribution in [0.1, 0.15) is 46.5 Å². The highest BCUT2D eigenvalue weighted by Crippen LogP contribution is 2.52. The van der Waals surface area contributed by atoms with Crippen LogP contribution < -0.4 is 5.32 Å². The third-order valence-electron chi connectivity index (χ3n) is 3.39. The molecule has 1 rings (SSSR count). The largest absolute Gasteiger partial charge is 0.316 e. The molecular weight excluding hydrogens is 146 g/mol. The van der Waals surface area contributed by atoms with E-state index < -0.39 is 0 Å². The lowest BCUT2D eigenvalue weighted by molar-refractivity contribution is 0.298. The molecule has 1 atom stereocenters. The lowest BCUT2D eigenvalue weighted by Crippen LogP contribution is -2.28. The van der Waals surface area contributed by atoms with Gasteiger partial charge in [-0.3, -0.25) is 0 Å². The van der Waals surface area contributed by atoms with E-state index in [0.717, 1.165) is 12.5 Å². The van der Waals surface area contributed by atoms with Crippen LogP contribution in [-0.2, 0) is 0 Å². The maximum atomic E-state index is 3.49. The van der Waals surface area contributed by atoms with Crippen LogP contribution in [0.4, 0.5) is 0 Å². The standard InChI is InChI=1S/C11H23N/c1-4-6-10(3)11(7-8-11)9-12-5-2/h10,12H,4-9H2,1-3H3. The van der Waals surface area contributed by atoms with Crippen LogP contribution in [0, 0.1) is 11.3 Å². The van der Waals surface area contributed by atoms with Gasteiger partial charge >= 0.3 is 0 Å². The molecule has 0 aliphatic heterocycles. The quantitative estimate of drug-likeness (QED) is 0.644. The summed E-state index contributed by atoms with van der Waals surface area (Å²) in [6.07, 6.45) is 5.67. The molecule has 1 unspecified atom stereocenters. The van der Waals surface area contributed by atoms with Crippen LogP contribution in [-0.4, -0.2) is 13.1 Å². The fourth-order valence-corrected chi connectivity index (χ4v) is 2.12. The SMILES string of the molecule is CCCC(C)C1(CNCC)CC1. The first-order valence-corrected chi connectivity index (χ1v) is 5.46. The van der Waals surface area contributed by atoms with E-state index in [4.69, 9.17) is 0 Å². The van der Waals surface area contributed by atoms with E-state index in [1.54, 1.807) is 0 Å². The summed E-state index contributed by atoms with van der Waals surface area (Å²) in [5.74, 6) is 0.932. The molecule has 72 valence electrons. The van der Waals surface area contributed by atoms with Gasteiger partial charge in [0.15, 0.2) is 0 Å². The minimum absolute atomic E-state index is 0.700. The predicted octanol–water partition coefficient (Wildman–Crippen LogP) is 2.81. The Morgan fingerprint density at radius 1 is 1.33 bits per heavy atom. The van der Waals surface area contributed by atoms with Gasteiger partial charge in [0, 0.05) is 6.54 Å².